The summed E-state index contributed by atoms with van der Waals surface area (Å²) in [5, 5.41) is 60.9. The van der Waals surface area contributed by atoms with Crippen LogP contribution in [-0.4, -0.2) is 213 Å². The summed E-state index contributed by atoms with van der Waals surface area (Å²) in [7, 11) is 0. The topological polar surface area (TPSA) is 512 Å². The lowest BCUT2D eigenvalue weighted by Gasteiger charge is -2.30. The number of hydrogen-bond acceptors (Lipinski definition) is 19. The first kappa shape index (κ1) is 87.4. The van der Waals surface area contributed by atoms with E-state index in [1.54, 1.807) is 136 Å². The molecule has 0 saturated heterocycles. The van der Waals surface area contributed by atoms with E-state index < -0.39 is 205 Å². The van der Waals surface area contributed by atoms with Gasteiger partial charge in [0.05, 0.1) is 26.2 Å². The molecular formula is C68H105N15O17S2. The highest BCUT2D eigenvalue weighted by Gasteiger charge is 2.39. The van der Waals surface area contributed by atoms with Crippen LogP contribution in [0.2, 0.25) is 0 Å². The number of aliphatic carboxylic acids is 1. The Kier molecular flexibility index (Phi) is 37.5. The van der Waals surface area contributed by atoms with Crippen LogP contribution in [0.15, 0.2) is 60.8 Å². The first-order valence-corrected chi connectivity index (χ1v) is 36.0. The number of thioether (sulfide) groups is 1. The molecule has 3 aromatic rings. The number of hydrogen-bond donors (Lipinski definition) is 19. The SMILES string of the molecule is CC[C@H](C)[C@H](NC(=O)[C@H](CCSC)NC(=O)[C@@H](NC(=O)[C@H](Cc1ccccc1)NC(=O)[C@@H](NC(=O)[C@H](Cc1c[nH]c2ccccc12)NC(=O)[C@H](CO)NC(=O)[C@@H](NC(=O)[C@H](CS)NC(=O)[C@@H](N)CO)[C@@H](C)CC)C(C)C)C(C)C)C(=O)N[C@@H](CC(N)=O)C(=O)NCC(=O)N[C@@H](CC(C)C)C(=O)O. The van der Waals surface area contributed by atoms with Crippen molar-refractivity contribution in [3.05, 3.63) is 71.9 Å². The predicted octanol–water partition coefficient (Wildman–Crippen LogP) is -2.19. The molecule has 1 heterocycles. The number of para-hydroxylation sites is 1. The second-order valence-electron chi connectivity index (χ2n) is 26.2. The summed E-state index contributed by atoms with van der Waals surface area (Å²) in [5.74, 6) is -15.7. The molecule has 32 nitrogen and oxygen atoms in total. The number of carbonyl (C=O) groups excluding carboxylic acids is 13. The van der Waals surface area contributed by atoms with E-state index in [0.29, 0.717) is 40.6 Å². The molecule has 0 aliphatic carbocycles. The van der Waals surface area contributed by atoms with Crippen LogP contribution in [0, 0.1) is 29.6 Å². The minimum Gasteiger partial charge on any atom is -0.480 e. The number of benzene rings is 2. The van der Waals surface area contributed by atoms with Gasteiger partial charge in [-0.15, -0.1) is 0 Å². The van der Waals surface area contributed by atoms with Crippen molar-refractivity contribution in [1.29, 1.82) is 0 Å². The molecule has 566 valence electrons. The number of aromatic amines is 1. The number of fused-ring (bicyclic) bond motifs is 1. The largest absolute Gasteiger partial charge is 0.480 e. The molecule has 20 N–H and O–H groups in total. The van der Waals surface area contributed by atoms with E-state index in [2.05, 4.69) is 81.4 Å². The maximum atomic E-state index is 14.8. The van der Waals surface area contributed by atoms with Crippen LogP contribution in [-0.2, 0) is 80.0 Å². The van der Waals surface area contributed by atoms with Crippen molar-refractivity contribution in [2.45, 2.75) is 187 Å². The Bertz CT molecular complexity index is 3340. The number of amides is 13. The highest BCUT2D eigenvalue weighted by molar-refractivity contribution is 7.98. The average molecular weight is 1470 g/mol. The van der Waals surface area contributed by atoms with Gasteiger partial charge in [-0.1, -0.05) is 131 Å². The zero-order valence-corrected chi connectivity index (χ0v) is 61.4. The fourth-order valence-corrected chi connectivity index (χ4v) is 11.2. The van der Waals surface area contributed by atoms with Gasteiger partial charge < -0.3 is 95.6 Å². The van der Waals surface area contributed by atoms with Gasteiger partial charge in [0.1, 0.15) is 72.5 Å². The Balaban J connectivity index is 1.95. The van der Waals surface area contributed by atoms with E-state index in [1.807, 2.05) is 0 Å². The number of nitrogens with one attached hydrogen (secondary N) is 13. The fourth-order valence-electron chi connectivity index (χ4n) is 10.5. The number of primary amides is 1. The molecule has 14 atom stereocenters. The van der Waals surface area contributed by atoms with Gasteiger partial charge >= 0.3 is 5.97 Å². The van der Waals surface area contributed by atoms with Gasteiger partial charge in [-0.2, -0.15) is 24.4 Å². The number of rotatable bonds is 45. The molecule has 0 unspecified atom stereocenters. The van der Waals surface area contributed by atoms with Crippen LogP contribution in [0.1, 0.15) is 112 Å². The molecule has 0 fully saturated rings. The summed E-state index contributed by atoms with van der Waals surface area (Å²) in [6, 6.07) is -1.51. The monoisotopic (exact) mass is 1470 g/mol. The zero-order valence-electron chi connectivity index (χ0n) is 59.6. The standard InChI is InChI=1S/C68H105N15O17S2/c1-12-37(9)55(66(97)77-47(28-51(70)86)58(89)72-30-52(87)73-48(68(99)100)25-34(3)4)82-59(90)44(23-24-102-11)74-64(95)53(35(5)6)80-60(91)45(26-39-19-15-14-16-20-39)76-65(96)54(36(7)8)81-61(92)46(27-40-29-71-43-22-18-17-21-41(40)43)75-62(93)49(32-85)78-67(98)56(38(10)13-2)83-63(94)50(33-101)79-57(88)42(69)31-84/h14-22,29,34-38,42,44-50,53-56,71,84-85,101H,12-13,23-28,30-33,69H2,1-11H3,(H2,70,86)(H,72,89)(H,73,87)(H,74,95)(H,75,93)(H,76,96)(H,77,97)(H,78,98)(H,79,88)(H,80,91)(H,81,92)(H,82,90)(H,83,94)(H,99,100)/t37-,38-,42-,44-,45-,46-,47-,48-,49-,50-,53-,54-,55-,56-/m0/s1. The third-order valence-electron chi connectivity index (χ3n) is 16.9. The third kappa shape index (κ3) is 28.2. The van der Waals surface area contributed by atoms with Crippen LogP contribution >= 0.6 is 24.4 Å². The number of aliphatic hydroxyl groups is 2. The van der Waals surface area contributed by atoms with Crippen molar-refractivity contribution >= 4 is 118 Å². The Morgan fingerprint density at radius 2 is 0.961 bits per heavy atom. The summed E-state index contributed by atoms with van der Waals surface area (Å²) in [6.07, 6.45) is 3.00. The lowest BCUT2D eigenvalue weighted by molar-refractivity contribution is -0.142. The smallest absolute Gasteiger partial charge is 0.326 e. The van der Waals surface area contributed by atoms with Gasteiger partial charge in [0, 0.05) is 35.7 Å². The molecule has 2 aromatic carbocycles. The second-order valence-corrected chi connectivity index (χ2v) is 27.6. The molecule has 34 heteroatoms. The van der Waals surface area contributed by atoms with Gasteiger partial charge in [-0.05, 0) is 71.6 Å². The summed E-state index contributed by atoms with van der Waals surface area (Å²) in [6.45, 7) is 14.3. The molecule has 0 spiro atoms. The summed E-state index contributed by atoms with van der Waals surface area (Å²) < 4.78 is 0. The van der Waals surface area contributed by atoms with Crippen LogP contribution in [0.4, 0.5) is 0 Å². The van der Waals surface area contributed by atoms with E-state index in [-0.39, 0.29) is 37.4 Å². The Hall–Kier alpha value is -8.86. The van der Waals surface area contributed by atoms with Crippen LogP contribution in [0.25, 0.3) is 10.9 Å². The minimum absolute atomic E-state index is 0.00688. The van der Waals surface area contributed by atoms with Gasteiger partial charge in [-0.3, -0.25) is 62.3 Å². The van der Waals surface area contributed by atoms with Crippen molar-refractivity contribution < 1.29 is 82.4 Å². The van der Waals surface area contributed by atoms with Crippen molar-refractivity contribution in [3.63, 3.8) is 0 Å². The van der Waals surface area contributed by atoms with E-state index in [4.69, 9.17) is 11.5 Å². The molecule has 0 aliphatic rings. The molecular weight excluding hydrogens is 1360 g/mol. The summed E-state index contributed by atoms with van der Waals surface area (Å²) in [4.78, 5) is 195. The molecule has 0 bridgehead atoms. The van der Waals surface area contributed by atoms with Crippen LogP contribution in [0.5, 0.6) is 0 Å². The maximum absolute atomic E-state index is 14.8. The molecule has 13 amide bonds. The third-order valence-corrected chi connectivity index (χ3v) is 17.9. The average Bonchev–Trinajstić information content (AvgIpc) is 1.68. The fraction of sp³-hybridized carbons (Fsp3) is 0.588. The molecule has 3 rings (SSSR count). The van der Waals surface area contributed by atoms with Crippen molar-refractivity contribution in [3.8, 4) is 0 Å². The molecule has 102 heavy (non-hydrogen) atoms. The van der Waals surface area contributed by atoms with Gasteiger partial charge in [0.2, 0.25) is 76.8 Å². The Morgan fingerprint density at radius 3 is 1.45 bits per heavy atom. The van der Waals surface area contributed by atoms with E-state index >= 15 is 0 Å². The first-order valence-electron chi connectivity index (χ1n) is 33.9. The number of nitrogens with two attached hydrogens (primary N) is 2. The van der Waals surface area contributed by atoms with E-state index in [0.717, 1.165) is 0 Å². The second kappa shape index (κ2) is 43.8. The number of carbonyl (C=O) groups is 14. The molecule has 0 saturated carbocycles. The van der Waals surface area contributed by atoms with Crippen molar-refractivity contribution in [2.24, 2.45) is 41.1 Å². The summed E-state index contributed by atoms with van der Waals surface area (Å²) >= 11 is 5.49. The number of thiol groups is 1. The summed E-state index contributed by atoms with van der Waals surface area (Å²) in [5.41, 5.74) is 12.9. The predicted molar refractivity (Wildman–Crippen MR) is 385 cm³/mol. The van der Waals surface area contributed by atoms with Crippen LogP contribution in [0.3, 0.4) is 0 Å². The Labute approximate surface area is 603 Å². The van der Waals surface area contributed by atoms with Crippen molar-refractivity contribution in [2.75, 3.05) is 37.5 Å². The van der Waals surface area contributed by atoms with Gasteiger partial charge in [0.25, 0.3) is 0 Å². The molecule has 1 aromatic heterocycles. The highest BCUT2D eigenvalue weighted by atomic mass is 32.2. The van der Waals surface area contributed by atoms with Gasteiger partial charge in [0.15, 0.2) is 0 Å². The first-order chi connectivity index (χ1) is 48.1. The minimum atomic E-state index is -1.73. The van der Waals surface area contributed by atoms with E-state index in [1.165, 1.54) is 11.8 Å². The van der Waals surface area contributed by atoms with E-state index in [9.17, 15) is 82.4 Å². The van der Waals surface area contributed by atoms with Crippen LogP contribution < -0.4 is 75.3 Å². The quantitative estimate of drug-likeness (QED) is 0.0267. The maximum Gasteiger partial charge on any atom is 0.326 e. The molecule has 0 aliphatic heterocycles. The number of aromatic nitrogens is 1. The zero-order chi connectivity index (χ0) is 76.7. The normalized spacial score (nSPS) is 15.5. The molecule has 0 radical (unpaired) electrons. The number of carboxylic acid groups (broad SMARTS) is 1. The number of carboxylic acids is 1. The number of aliphatic hydroxyl groups excluding tert-OH is 2. The van der Waals surface area contributed by atoms with Crippen molar-refractivity contribution in [1.82, 2.24) is 68.8 Å². The highest BCUT2D eigenvalue weighted by Crippen LogP contribution is 2.21. The lowest BCUT2D eigenvalue weighted by atomic mass is 9.96. The number of H-pyrrole nitrogens is 1. The lowest BCUT2D eigenvalue weighted by Crippen LogP contribution is -2.63. The van der Waals surface area contributed by atoms with Gasteiger partial charge in [-0.25, -0.2) is 4.79 Å². The Morgan fingerprint density at radius 1 is 0.510 bits per heavy atom.